The highest BCUT2D eigenvalue weighted by Gasteiger charge is 2.31. The number of hydrogen-bond acceptors (Lipinski definition) is 8. The Bertz CT molecular complexity index is 1200. The Morgan fingerprint density at radius 2 is 1.23 bits per heavy atom. The van der Waals surface area contributed by atoms with E-state index in [9.17, 15) is 29.1 Å². The fraction of sp³-hybridized carbons (Fsp3) is 0.500. The zero-order chi connectivity index (χ0) is 31.9. The number of nitrogens with zero attached hydrogens (tertiary/aromatic N) is 2. The summed E-state index contributed by atoms with van der Waals surface area (Å²) in [6, 6.07) is 1.57. The summed E-state index contributed by atoms with van der Waals surface area (Å²) in [4.78, 5) is 73.2. The van der Waals surface area contributed by atoms with E-state index in [0.717, 1.165) is 0 Å². The normalized spacial score (nSPS) is 21.9. The average Bonchev–Trinajstić information content (AvgIpc) is 2.94. The van der Waals surface area contributed by atoms with Crippen molar-refractivity contribution < 1.29 is 29.1 Å². The zero-order valence-electron chi connectivity index (χ0n) is 24.0. The molecule has 5 amide bonds. The molecule has 1 aromatic rings. The monoisotopic (exact) mass is 603 g/mol. The fourth-order valence-electron chi connectivity index (χ4n) is 4.11. The van der Waals surface area contributed by atoms with E-state index < -0.39 is 60.2 Å². The molecule has 4 atom stereocenters. The number of aromatic hydroxyl groups is 1. The van der Waals surface area contributed by atoms with Gasteiger partial charge in [-0.25, -0.2) is 0 Å². The fourth-order valence-corrected chi connectivity index (χ4v) is 4.11. The topological polar surface area (TPSA) is 295 Å². The van der Waals surface area contributed by atoms with E-state index >= 15 is 0 Å². The first-order valence-corrected chi connectivity index (χ1v) is 13.7. The van der Waals surface area contributed by atoms with Crippen LogP contribution in [0.3, 0.4) is 0 Å². The molecule has 1 fully saturated rings. The minimum absolute atomic E-state index is 0.0119. The Hall–Kier alpha value is -5.09. The van der Waals surface area contributed by atoms with Crippen LogP contribution in [0.4, 0.5) is 0 Å². The number of phenolic OH excluding ortho intramolecular Hbond substituents is 1. The van der Waals surface area contributed by atoms with Crippen LogP contribution in [0.5, 0.6) is 5.75 Å². The maximum absolute atomic E-state index is 13.5. The third kappa shape index (κ3) is 12.5. The molecule has 2 rings (SSSR count). The van der Waals surface area contributed by atoms with Gasteiger partial charge in [0.25, 0.3) is 0 Å². The van der Waals surface area contributed by atoms with E-state index in [4.69, 9.17) is 22.9 Å². The Morgan fingerprint density at radius 3 is 1.74 bits per heavy atom. The van der Waals surface area contributed by atoms with Gasteiger partial charge in [0.05, 0.1) is 6.54 Å². The summed E-state index contributed by atoms with van der Waals surface area (Å²) in [5.74, 6) is -3.60. The van der Waals surface area contributed by atoms with Crippen molar-refractivity contribution in [2.24, 2.45) is 32.9 Å². The van der Waals surface area contributed by atoms with Crippen molar-refractivity contribution in [3.8, 4) is 5.75 Å². The number of hydrogen-bond donors (Lipinski definition) is 10. The Kier molecular flexibility index (Phi) is 13.5. The van der Waals surface area contributed by atoms with Crippen LogP contribution >= 0.6 is 0 Å². The highest BCUT2D eigenvalue weighted by Crippen LogP contribution is 2.12. The van der Waals surface area contributed by atoms with Crippen LogP contribution in [0.1, 0.15) is 38.2 Å². The molecule has 17 heteroatoms. The van der Waals surface area contributed by atoms with Crippen molar-refractivity contribution in [2.45, 2.75) is 63.2 Å². The number of nitrogens with one attached hydrogen (secondary N) is 5. The van der Waals surface area contributed by atoms with Gasteiger partial charge in [0, 0.05) is 19.5 Å². The number of phenols is 1. The quantitative estimate of drug-likeness (QED) is 0.0705. The number of carbonyl (C=O) groups excluding carboxylic acids is 5. The summed E-state index contributed by atoms with van der Waals surface area (Å²) in [5.41, 5.74) is 22.1. The predicted octanol–water partition coefficient (Wildman–Crippen LogP) is -3.87. The zero-order valence-corrected chi connectivity index (χ0v) is 24.0. The standard InChI is InChI=1S/C26H41N11O6/c1-14-21(40)35-17(4-2-10-31-25(27)28)23(42)36-18(5-3-11-32-26(29)30)24(43)37-19(22(41)33-13-20(39)34-14)12-15-6-8-16(38)9-7-15/h6-9,14,17-19,38H,2-5,10-13H2,1H3,(H,33,41)(H,34,39)(H,35,40)(H,36,42)(H,37,43)(H4,27,28,31)(H4,29,30,32)/t14-,17-,18-,19+/m0/s1. The Balaban J connectivity index is 2.39. The number of benzene rings is 1. The molecule has 0 unspecified atom stereocenters. The van der Waals surface area contributed by atoms with E-state index in [1.807, 2.05) is 0 Å². The molecule has 1 heterocycles. The maximum atomic E-state index is 13.5. The van der Waals surface area contributed by atoms with Crippen molar-refractivity contribution in [3.05, 3.63) is 29.8 Å². The number of carbonyl (C=O) groups is 5. The van der Waals surface area contributed by atoms with Crippen LogP contribution in [0.2, 0.25) is 0 Å². The highest BCUT2D eigenvalue weighted by atomic mass is 16.3. The molecule has 0 bridgehead atoms. The molecule has 1 aromatic carbocycles. The summed E-state index contributed by atoms with van der Waals surface area (Å²) in [6.45, 7) is 1.30. The molecular formula is C26H41N11O6. The molecular weight excluding hydrogens is 562 g/mol. The van der Waals surface area contributed by atoms with Crippen LogP contribution < -0.4 is 49.5 Å². The molecule has 1 saturated heterocycles. The second kappa shape index (κ2) is 17.0. The lowest BCUT2D eigenvalue weighted by Gasteiger charge is -2.25. The van der Waals surface area contributed by atoms with E-state index in [1.54, 1.807) is 12.1 Å². The smallest absolute Gasteiger partial charge is 0.243 e. The van der Waals surface area contributed by atoms with Crippen molar-refractivity contribution >= 4 is 41.5 Å². The highest BCUT2D eigenvalue weighted by molar-refractivity contribution is 5.97. The number of aliphatic imine (C=N–C) groups is 2. The first-order chi connectivity index (χ1) is 20.3. The van der Waals surface area contributed by atoms with Crippen LogP contribution in [0.25, 0.3) is 0 Å². The van der Waals surface area contributed by atoms with E-state index in [1.165, 1.54) is 19.1 Å². The molecule has 236 valence electrons. The van der Waals surface area contributed by atoms with Crippen LogP contribution in [-0.2, 0) is 30.4 Å². The van der Waals surface area contributed by atoms with E-state index in [-0.39, 0.29) is 50.0 Å². The summed E-state index contributed by atoms with van der Waals surface area (Å²) in [6.07, 6.45) is 0.819. The Labute approximate surface area is 248 Å². The van der Waals surface area contributed by atoms with E-state index in [0.29, 0.717) is 18.4 Å². The van der Waals surface area contributed by atoms with Gasteiger partial charge in [-0.2, -0.15) is 0 Å². The van der Waals surface area contributed by atoms with Gasteiger partial charge < -0.3 is 54.6 Å². The Morgan fingerprint density at radius 1 is 0.744 bits per heavy atom. The van der Waals surface area contributed by atoms with Gasteiger partial charge >= 0.3 is 0 Å². The second-order valence-electron chi connectivity index (χ2n) is 9.96. The lowest BCUT2D eigenvalue weighted by atomic mass is 10.0. The van der Waals surface area contributed by atoms with Gasteiger partial charge in [-0.05, 0) is 50.3 Å². The molecule has 1 aliphatic heterocycles. The molecule has 43 heavy (non-hydrogen) atoms. The molecule has 0 aromatic heterocycles. The molecule has 0 aliphatic carbocycles. The molecule has 0 spiro atoms. The van der Waals surface area contributed by atoms with E-state index in [2.05, 4.69) is 36.6 Å². The summed E-state index contributed by atoms with van der Waals surface area (Å²) < 4.78 is 0. The van der Waals surface area contributed by atoms with Crippen LogP contribution in [-0.4, -0.2) is 90.4 Å². The van der Waals surface area contributed by atoms with Gasteiger partial charge in [0.1, 0.15) is 29.9 Å². The second-order valence-corrected chi connectivity index (χ2v) is 9.96. The average molecular weight is 604 g/mol. The number of amides is 5. The van der Waals surface area contributed by atoms with Gasteiger partial charge in [-0.1, -0.05) is 12.1 Å². The first kappa shape index (κ1) is 34.1. The van der Waals surface area contributed by atoms with Crippen molar-refractivity contribution in [1.29, 1.82) is 0 Å². The minimum atomic E-state index is -1.15. The lowest BCUT2D eigenvalue weighted by Crippen LogP contribution is -2.57. The maximum Gasteiger partial charge on any atom is 0.243 e. The van der Waals surface area contributed by atoms with Crippen molar-refractivity contribution in [3.63, 3.8) is 0 Å². The summed E-state index contributed by atoms with van der Waals surface area (Å²) >= 11 is 0. The molecule has 0 radical (unpaired) electrons. The van der Waals surface area contributed by atoms with Gasteiger partial charge in [-0.15, -0.1) is 0 Å². The first-order valence-electron chi connectivity index (χ1n) is 13.7. The summed E-state index contributed by atoms with van der Waals surface area (Å²) in [5, 5.41) is 22.5. The molecule has 1 aliphatic rings. The summed E-state index contributed by atoms with van der Waals surface area (Å²) in [7, 11) is 0. The van der Waals surface area contributed by atoms with Crippen molar-refractivity contribution in [2.75, 3.05) is 19.6 Å². The van der Waals surface area contributed by atoms with Crippen LogP contribution in [0, 0.1) is 0 Å². The molecule has 17 nitrogen and oxygen atoms in total. The number of nitrogens with two attached hydrogens (primary N) is 4. The third-order valence-electron chi connectivity index (χ3n) is 6.36. The number of rotatable bonds is 10. The molecule has 14 N–H and O–H groups in total. The van der Waals surface area contributed by atoms with Crippen LogP contribution in [0.15, 0.2) is 34.3 Å². The molecule has 0 saturated carbocycles. The third-order valence-corrected chi connectivity index (χ3v) is 6.36. The lowest BCUT2D eigenvalue weighted by molar-refractivity contribution is -0.134. The largest absolute Gasteiger partial charge is 0.508 e. The van der Waals surface area contributed by atoms with Gasteiger partial charge in [-0.3, -0.25) is 34.0 Å². The minimum Gasteiger partial charge on any atom is -0.508 e. The predicted molar refractivity (Wildman–Crippen MR) is 158 cm³/mol. The number of guanidine groups is 2. The van der Waals surface area contributed by atoms with Gasteiger partial charge in [0.15, 0.2) is 11.9 Å². The van der Waals surface area contributed by atoms with Gasteiger partial charge in [0.2, 0.25) is 29.5 Å². The van der Waals surface area contributed by atoms with Crippen molar-refractivity contribution in [1.82, 2.24) is 26.6 Å². The SMILES string of the molecule is C[C@@H]1NC(=O)CNC(=O)[C@@H](Cc2ccc(O)cc2)NC(=O)[C@H](CCCN=C(N)N)NC(=O)[C@H](CCCN=C(N)N)NC1=O.